The lowest BCUT2D eigenvalue weighted by Gasteiger charge is -2.36. The van der Waals surface area contributed by atoms with Crippen molar-refractivity contribution in [3.8, 4) is 0 Å². The average Bonchev–Trinajstić information content (AvgIpc) is 3.58. The molecule has 3 aliphatic carbocycles. The summed E-state index contributed by atoms with van der Waals surface area (Å²) in [6.07, 6.45) is 14.4. The van der Waals surface area contributed by atoms with Crippen LogP contribution >= 0.6 is 0 Å². The number of hydrogen-bond acceptors (Lipinski definition) is 2. The highest BCUT2D eigenvalue weighted by Gasteiger charge is 2.41. The number of benzene rings is 1. The molecule has 140 valence electrons. The third-order valence-corrected chi connectivity index (χ3v) is 7.21. The summed E-state index contributed by atoms with van der Waals surface area (Å²) in [5.74, 6) is 3.23. The van der Waals surface area contributed by atoms with E-state index in [1.54, 1.807) is 5.56 Å². The molecule has 2 saturated carbocycles. The van der Waals surface area contributed by atoms with E-state index < -0.39 is 0 Å². The molecule has 2 fully saturated rings. The van der Waals surface area contributed by atoms with Crippen LogP contribution in [0.25, 0.3) is 11.0 Å². The summed E-state index contributed by atoms with van der Waals surface area (Å²) in [5, 5.41) is 1.27. The second kappa shape index (κ2) is 7.03. The molecule has 1 heterocycles. The average molecular weight is 352 g/mol. The van der Waals surface area contributed by atoms with Crippen molar-refractivity contribution in [1.29, 1.82) is 0 Å². The van der Waals surface area contributed by atoms with Gasteiger partial charge >= 0.3 is 0 Å². The summed E-state index contributed by atoms with van der Waals surface area (Å²) in [6.45, 7) is 4.94. The molecule has 1 aromatic heterocycles. The molecule has 0 saturated heterocycles. The van der Waals surface area contributed by atoms with Crippen LogP contribution in [0.4, 0.5) is 0 Å². The van der Waals surface area contributed by atoms with E-state index in [-0.39, 0.29) is 0 Å². The quantitative estimate of drug-likeness (QED) is 0.595. The van der Waals surface area contributed by atoms with Crippen LogP contribution in [0.3, 0.4) is 0 Å². The lowest BCUT2D eigenvalue weighted by molar-refractivity contribution is 0.160. The maximum Gasteiger partial charge on any atom is 0.134 e. The van der Waals surface area contributed by atoms with Crippen LogP contribution in [0, 0.1) is 17.8 Å². The molecule has 26 heavy (non-hydrogen) atoms. The van der Waals surface area contributed by atoms with E-state index in [0.717, 1.165) is 29.4 Å². The summed E-state index contributed by atoms with van der Waals surface area (Å²) >= 11 is 0. The predicted molar refractivity (Wildman–Crippen MR) is 107 cm³/mol. The Kier molecular flexibility index (Phi) is 4.56. The number of fused-ring (bicyclic) bond motifs is 2. The zero-order valence-corrected chi connectivity index (χ0v) is 16.3. The molecule has 2 heteroatoms. The maximum atomic E-state index is 5.66. The van der Waals surface area contributed by atoms with Crippen molar-refractivity contribution in [2.45, 2.75) is 70.8 Å². The number of nitrogens with zero attached hydrogens (tertiary/aromatic N) is 1. The fourth-order valence-electron chi connectivity index (χ4n) is 5.50. The van der Waals surface area contributed by atoms with E-state index in [0.29, 0.717) is 0 Å². The van der Waals surface area contributed by atoms with E-state index in [9.17, 15) is 0 Å². The zero-order chi connectivity index (χ0) is 17.5. The minimum atomic E-state index is 0.730. The Labute approximate surface area is 157 Å². The molecule has 0 amide bonds. The topological polar surface area (TPSA) is 16.4 Å². The first-order chi connectivity index (χ1) is 12.8. The Morgan fingerprint density at radius 2 is 1.85 bits per heavy atom. The van der Waals surface area contributed by atoms with Crippen LogP contribution in [0.2, 0.25) is 0 Å². The standard InChI is InChI=1S/C24H33NO/c1-2-11-25(12-9-23(17-3-4-17)18-5-6-18)22-8-7-19-14-20-10-13-26-24(20)16-21(19)15-22/h10,13-14,16-18,22-23H,2-9,11-12,15H2,1H3/t22-/m0/s1. The lowest BCUT2D eigenvalue weighted by atomic mass is 9.86. The number of aryl methyl sites for hydroxylation is 1. The van der Waals surface area contributed by atoms with Crippen LogP contribution in [0.15, 0.2) is 28.9 Å². The SMILES string of the molecule is CCCN(CCC(C1CC1)C1CC1)[C@H]1CCc2cc3ccoc3cc2C1. The fraction of sp³-hybridized carbons (Fsp3) is 0.667. The fourth-order valence-corrected chi connectivity index (χ4v) is 5.50. The van der Waals surface area contributed by atoms with Crippen LogP contribution < -0.4 is 0 Å². The van der Waals surface area contributed by atoms with Gasteiger partial charge in [0.15, 0.2) is 0 Å². The molecule has 0 bridgehead atoms. The molecular formula is C24H33NO. The largest absolute Gasteiger partial charge is 0.464 e. The molecule has 0 radical (unpaired) electrons. The van der Waals surface area contributed by atoms with Crippen molar-refractivity contribution in [2.75, 3.05) is 13.1 Å². The molecular weight excluding hydrogens is 318 g/mol. The second-order valence-electron chi connectivity index (χ2n) is 9.14. The summed E-state index contributed by atoms with van der Waals surface area (Å²) in [7, 11) is 0. The molecule has 2 nitrogen and oxygen atoms in total. The Hall–Kier alpha value is -1.28. The first kappa shape index (κ1) is 16.9. The van der Waals surface area contributed by atoms with Gasteiger partial charge in [-0.1, -0.05) is 6.92 Å². The van der Waals surface area contributed by atoms with E-state index in [2.05, 4.69) is 30.0 Å². The highest BCUT2D eigenvalue weighted by atomic mass is 16.3. The molecule has 1 aromatic carbocycles. The normalized spacial score (nSPS) is 23.1. The van der Waals surface area contributed by atoms with Gasteiger partial charge in [-0.15, -0.1) is 0 Å². The summed E-state index contributed by atoms with van der Waals surface area (Å²) in [4.78, 5) is 2.84. The van der Waals surface area contributed by atoms with E-state index in [4.69, 9.17) is 4.42 Å². The van der Waals surface area contributed by atoms with E-state index in [1.165, 1.54) is 81.8 Å². The summed E-state index contributed by atoms with van der Waals surface area (Å²) in [5.41, 5.74) is 4.15. The maximum absolute atomic E-state index is 5.66. The van der Waals surface area contributed by atoms with Crippen molar-refractivity contribution in [2.24, 2.45) is 17.8 Å². The molecule has 0 spiro atoms. The van der Waals surface area contributed by atoms with Gasteiger partial charge in [0.2, 0.25) is 0 Å². The first-order valence-electron chi connectivity index (χ1n) is 11.0. The third kappa shape index (κ3) is 3.45. The Morgan fingerprint density at radius 3 is 2.58 bits per heavy atom. The highest BCUT2D eigenvalue weighted by Crippen LogP contribution is 2.50. The minimum absolute atomic E-state index is 0.730. The van der Waals surface area contributed by atoms with Gasteiger partial charge < -0.3 is 9.32 Å². The van der Waals surface area contributed by atoms with Crippen LogP contribution in [0.5, 0.6) is 0 Å². The molecule has 2 aromatic rings. The molecule has 1 atom stereocenters. The van der Waals surface area contributed by atoms with Crippen molar-refractivity contribution >= 4 is 11.0 Å². The lowest BCUT2D eigenvalue weighted by Crippen LogP contribution is -2.41. The highest BCUT2D eigenvalue weighted by molar-refractivity contribution is 5.79. The number of furan rings is 1. The van der Waals surface area contributed by atoms with Crippen LogP contribution in [0.1, 0.15) is 63.0 Å². The smallest absolute Gasteiger partial charge is 0.134 e. The van der Waals surface area contributed by atoms with Gasteiger partial charge in [-0.25, -0.2) is 0 Å². The van der Waals surface area contributed by atoms with Gasteiger partial charge in [0.25, 0.3) is 0 Å². The van der Waals surface area contributed by atoms with E-state index >= 15 is 0 Å². The van der Waals surface area contributed by atoms with Gasteiger partial charge in [-0.3, -0.25) is 0 Å². The van der Waals surface area contributed by atoms with Crippen molar-refractivity contribution in [3.05, 3.63) is 35.6 Å². The van der Waals surface area contributed by atoms with Crippen molar-refractivity contribution in [1.82, 2.24) is 4.90 Å². The number of hydrogen-bond donors (Lipinski definition) is 0. The third-order valence-electron chi connectivity index (χ3n) is 7.21. The van der Waals surface area contributed by atoms with Crippen LogP contribution in [-0.4, -0.2) is 24.0 Å². The summed E-state index contributed by atoms with van der Waals surface area (Å²) < 4.78 is 5.66. The molecule has 0 unspecified atom stereocenters. The minimum Gasteiger partial charge on any atom is -0.464 e. The second-order valence-corrected chi connectivity index (χ2v) is 9.14. The molecule has 0 N–H and O–H groups in total. The van der Waals surface area contributed by atoms with E-state index in [1.807, 2.05) is 6.26 Å². The van der Waals surface area contributed by atoms with Crippen molar-refractivity contribution < 1.29 is 4.42 Å². The monoisotopic (exact) mass is 351 g/mol. The number of rotatable bonds is 8. The van der Waals surface area contributed by atoms with Gasteiger partial charge in [0.05, 0.1) is 6.26 Å². The Bertz CT molecular complexity index is 743. The zero-order valence-electron chi connectivity index (χ0n) is 16.3. The van der Waals surface area contributed by atoms with Crippen molar-refractivity contribution in [3.63, 3.8) is 0 Å². The summed E-state index contributed by atoms with van der Waals surface area (Å²) in [6, 6.07) is 7.51. The molecule has 0 aliphatic heterocycles. The molecule has 5 rings (SSSR count). The Balaban J connectivity index is 1.28. The molecule has 3 aliphatic rings. The van der Waals surface area contributed by atoms with Gasteiger partial charge in [-0.05, 0) is 118 Å². The van der Waals surface area contributed by atoms with Gasteiger partial charge in [0, 0.05) is 11.4 Å². The van der Waals surface area contributed by atoms with Gasteiger partial charge in [0.1, 0.15) is 5.58 Å². The first-order valence-corrected chi connectivity index (χ1v) is 11.0. The van der Waals surface area contributed by atoms with Gasteiger partial charge in [-0.2, -0.15) is 0 Å². The predicted octanol–water partition coefficient (Wildman–Crippen LogP) is 5.83. The Morgan fingerprint density at radius 1 is 1.04 bits per heavy atom. The van der Waals surface area contributed by atoms with Crippen LogP contribution in [-0.2, 0) is 12.8 Å².